The van der Waals surface area contributed by atoms with Crippen molar-refractivity contribution >= 4 is 18.4 Å². The maximum absolute atomic E-state index is 11.7. The van der Waals surface area contributed by atoms with Gasteiger partial charge in [-0.3, -0.25) is 16.1 Å². The monoisotopic (exact) mass is 250 g/mol. The molecule has 1 aliphatic rings. The molecule has 1 fully saturated rings. The first-order valence-electron chi connectivity index (χ1n) is 5.64. The van der Waals surface area contributed by atoms with E-state index in [1.165, 1.54) is 0 Å². The highest BCUT2D eigenvalue weighted by molar-refractivity contribution is 5.85. The van der Waals surface area contributed by atoms with Gasteiger partial charge in [-0.1, -0.05) is 13.8 Å². The molecule has 0 spiro atoms. The van der Waals surface area contributed by atoms with E-state index in [-0.39, 0.29) is 29.7 Å². The van der Waals surface area contributed by atoms with E-state index < -0.39 is 0 Å². The molecule has 0 amide bonds. The molecular weight excluding hydrogens is 228 g/mol. The molecule has 0 aromatic carbocycles. The Balaban J connectivity index is 0.00000225. The van der Waals surface area contributed by atoms with Crippen molar-refractivity contribution in [1.29, 1.82) is 0 Å². The summed E-state index contributed by atoms with van der Waals surface area (Å²) in [5.74, 6) is 5.40. The van der Waals surface area contributed by atoms with E-state index in [9.17, 15) is 4.79 Å². The van der Waals surface area contributed by atoms with E-state index in [0.29, 0.717) is 12.6 Å². The summed E-state index contributed by atoms with van der Waals surface area (Å²) >= 11 is 0. The van der Waals surface area contributed by atoms with Gasteiger partial charge in [0.1, 0.15) is 0 Å². The Hall–Kier alpha value is -0.320. The highest BCUT2D eigenvalue weighted by Gasteiger charge is 2.41. The van der Waals surface area contributed by atoms with Crippen LogP contribution < -0.4 is 11.3 Å². The molecule has 16 heavy (non-hydrogen) atoms. The third kappa shape index (κ3) is 3.61. The summed E-state index contributed by atoms with van der Waals surface area (Å²) in [6.45, 7) is 6.53. The van der Waals surface area contributed by atoms with E-state index in [1.54, 1.807) is 0 Å². The van der Waals surface area contributed by atoms with Crippen LogP contribution in [0, 0.1) is 11.3 Å². The van der Waals surface area contributed by atoms with E-state index in [2.05, 4.69) is 19.3 Å². The van der Waals surface area contributed by atoms with Crippen molar-refractivity contribution in [3.63, 3.8) is 0 Å². The Morgan fingerprint density at radius 2 is 2.12 bits per heavy atom. The number of hydrazine groups is 1. The molecule has 5 heteroatoms. The number of carbonyl (C=O) groups excluding carboxylic acids is 1. The van der Waals surface area contributed by atoms with Crippen LogP contribution >= 0.6 is 12.4 Å². The summed E-state index contributed by atoms with van der Waals surface area (Å²) < 4.78 is 5.10. The third-order valence-electron chi connectivity index (χ3n) is 3.33. The van der Waals surface area contributed by atoms with Crippen molar-refractivity contribution in [3.05, 3.63) is 0 Å². The molecule has 0 aromatic heterocycles. The maximum atomic E-state index is 11.7. The molecule has 1 rings (SSSR count). The van der Waals surface area contributed by atoms with Crippen LogP contribution in [0.4, 0.5) is 0 Å². The van der Waals surface area contributed by atoms with Crippen LogP contribution in [-0.2, 0) is 9.53 Å². The lowest BCUT2D eigenvalue weighted by atomic mass is 9.67. The fraction of sp³-hybridized carbons (Fsp3) is 0.909. The number of ether oxygens (including phenoxy) is 1. The van der Waals surface area contributed by atoms with Gasteiger partial charge in [0.25, 0.3) is 0 Å². The number of hydrogen-bond acceptors (Lipinski definition) is 4. The molecule has 0 bridgehead atoms. The minimum atomic E-state index is -0.0574. The van der Waals surface area contributed by atoms with Gasteiger partial charge in [0.15, 0.2) is 0 Å². The number of nitrogens with two attached hydrogens (primary N) is 1. The quantitative estimate of drug-likeness (QED) is 0.454. The van der Waals surface area contributed by atoms with Crippen LogP contribution in [0.25, 0.3) is 0 Å². The van der Waals surface area contributed by atoms with E-state index in [4.69, 9.17) is 10.6 Å². The lowest BCUT2D eigenvalue weighted by molar-refractivity contribution is -0.154. The summed E-state index contributed by atoms with van der Waals surface area (Å²) in [5.41, 5.74) is 2.77. The molecule has 0 unspecified atom stereocenters. The number of esters is 1. The fourth-order valence-electron chi connectivity index (χ4n) is 2.46. The molecule has 2 atom stereocenters. The van der Waals surface area contributed by atoms with Gasteiger partial charge in [-0.15, -0.1) is 12.4 Å². The van der Waals surface area contributed by atoms with Gasteiger partial charge in [-0.2, -0.15) is 0 Å². The van der Waals surface area contributed by atoms with Crippen LogP contribution in [0.5, 0.6) is 0 Å². The topological polar surface area (TPSA) is 64.3 Å². The van der Waals surface area contributed by atoms with Gasteiger partial charge in [0.05, 0.1) is 12.5 Å². The molecule has 3 N–H and O–H groups in total. The first-order chi connectivity index (χ1) is 7.01. The Kier molecular flexibility index (Phi) is 6.30. The zero-order chi connectivity index (χ0) is 11.5. The summed E-state index contributed by atoms with van der Waals surface area (Å²) in [5, 5.41) is 0. The zero-order valence-corrected chi connectivity index (χ0v) is 11.1. The van der Waals surface area contributed by atoms with Crippen LogP contribution in [0.15, 0.2) is 0 Å². The second-order valence-electron chi connectivity index (χ2n) is 4.94. The Bertz CT molecular complexity index is 234. The van der Waals surface area contributed by atoms with E-state index in [0.717, 1.165) is 19.3 Å². The largest absolute Gasteiger partial charge is 0.466 e. The fourth-order valence-corrected chi connectivity index (χ4v) is 2.46. The van der Waals surface area contributed by atoms with Crippen LogP contribution in [0.2, 0.25) is 0 Å². The van der Waals surface area contributed by atoms with Crippen molar-refractivity contribution in [3.8, 4) is 0 Å². The molecule has 0 heterocycles. The summed E-state index contributed by atoms with van der Waals surface area (Å²) in [7, 11) is 0. The molecule has 0 aliphatic heterocycles. The van der Waals surface area contributed by atoms with Gasteiger partial charge in [0.2, 0.25) is 0 Å². The van der Waals surface area contributed by atoms with E-state index in [1.807, 2.05) is 6.92 Å². The predicted octanol–water partition coefficient (Wildman–Crippen LogP) is 1.63. The lowest BCUT2D eigenvalue weighted by Gasteiger charge is -2.40. The molecule has 0 aromatic rings. The Labute approximate surface area is 104 Å². The first kappa shape index (κ1) is 15.7. The number of halogens is 1. The number of nitrogens with one attached hydrogen (secondary N) is 1. The van der Waals surface area contributed by atoms with Crippen molar-refractivity contribution < 1.29 is 9.53 Å². The molecule has 1 aliphatic carbocycles. The molecule has 0 saturated heterocycles. The Morgan fingerprint density at radius 1 is 1.50 bits per heavy atom. The zero-order valence-electron chi connectivity index (χ0n) is 10.3. The Morgan fingerprint density at radius 3 is 2.56 bits per heavy atom. The minimum Gasteiger partial charge on any atom is -0.466 e. The first-order valence-corrected chi connectivity index (χ1v) is 5.64. The van der Waals surface area contributed by atoms with Crippen molar-refractivity contribution in [2.75, 3.05) is 6.61 Å². The average Bonchev–Trinajstić information content (AvgIpc) is 2.16. The highest BCUT2D eigenvalue weighted by atomic mass is 35.5. The van der Waals surface area contributed by atoms with Gasteiger partial charge in [-0.25, -0.2) is 0 Å². The number of hydrogen-bond donors (Lipinski definition) is 2. The molecule has 96 valence electrons. The van der Waals surface area contributed by atoms with Gasteiger partial charge >= 0.3 is 5.97 Å². The van der Waals surface area contributed by atoms with Crippen molar-refractivity contribution in [2.45, 2.75) is 46.1 Å². The second-order valence-corrected chi connectivity index (χ2v) is 4.94. The molecular formula is C11H23ClN2O2. The molecule has 1 saturated carbocycles. The van der Waals surface area contributed by atoms with Gasteiger partial charge in [-0.05, 0) is 31.6 Å². The van der Waals surface area contributed by atoms with Crippen LogP contribution in [0.3, 0.4) is 0 Å². The number of carbonyl (C=O) groups is 1. The predicted molar refractivity (Wildman–Crippen MR) is 66.1 cm³/mol. The smallest absolute Gasteiger partial charge is 0.309 e. The lowest BCUT2D eigenvalue weighted by Crippen LogP contribution is -2.47. The SMILES string of the molecule is CCOC(=O)[C@@H]1CC[C@@H](NN)CC1(C)C.Cl. The van der Waals surface area contributed by atoms with Gasteiger partial charge < -0.3 is 4.74 Å². The molecule has 4 nitrogen and oxygen atoms in total. The van der Waals surface area contributed by atoms with Crippen molar-refractivity contribution in [1.82, 2.24) is 5.43 Å². The van der Waals surface area contributed by atoms with Crippen molar-refractivity contribution in [2.24, 2.45) is 17.2 Å². The highest BCUT2D eigenvalue weighted by Crippen LogP contribution is 2.41. The molecule has 0 radical (unpaired) electrons. The standard InChI is InChI=1S/C11H22N2O2.ClH/c1-4-15-10(14)9-6-5-8(13-12)7-11(9,2)3;/h8-9,13H,4-7,12H2,1-3H3;1H/t8-,9+;/m1./s1. The minimum absolute atomic E-state index is 0. The third-order valence-corrected chi connectivity index (χ3v) is 3.33. The summed E-state index contributed by atoms with van der Waals surface area (Å²) in [6, 6.07) is 0.325. The maximum Gasteiger partial charge on any atom is 0.309 e. The number of rotatable bonds is 3. The normalized spacial score (nSPS) is 28.0. The van der Waals surface area contributed by atoms with Crippen LogP contribution in [-0.4, -0.2) is 18.6 Å². The van der Waals surface area contributed by atoms with Gasteiger partial charge in [0, 0.05) is 6.04 Å². The summed E-state index contributed by atoms with van der Waals surface area (Å²) in [4.78, 5) is 11.7. The second kappa shape index (κ2) is 6.42. The van der Waals surface area contributed by atoms with E-state index >= 15 is 0 Å². The summed E-state index contributed by atoms with van der Waals surface area (Å²) in [6.07, 6.45) is 2.73. The average molecular weight is 251 g/mol. The van der Waals surface area contributed by atoms with Crippen LogP contribution in [0.1, 0.15) is 40.0 Å².